The molecule has 0 amide bonds. The van der Waals surface area contributed by atoms with E-state index in [4.69, 9.17) is 18.0 Å². The van der Waals surface area contributed by atoms with Crippen molar-refractivity contribution in [3.63, 3.8) is 0 Å². The maximum Gasteiger partial charge on any atom is 0.0727 e. The van der Waals surface area contributed by atoms with Crippen molar-refractivity contribution in [2.24, 2.45) is 5.73 Å². The molecule has 1 heterocycles. The van der Waals surface area contributed by atoms with Crippen LogP contribution in [0.3, 0.4) is 0 Å². The Morgan fingerprint density at radius 3 is 2.69 bits per heavy atom. The Kier molecular flexibility index (Phi) is 5.96. The Hall–Kier alpha value is -1.00. The van der Waals surface area contributed by atoms with Crippen LogP contribution >= 0.6 is 12.2 Å². The average Bonchev–Trinajstić information content (AvgIpc) is 2.28. The van der Waals surface area contributed by atoms with Crippen LogP contribution in [0.1, 0.15) is 25.3 Å². The molecule has 0 aromatic carbocycles. The number of hydrogen-bond acceptors (Lipinski definition) is 3. The van der Waals surface area contributed by atoms with Gasteiger partial charge in [-0.25, -0.2) is 0 Å². The van der Waals surface area contributed by atoms with Crippen LogP contribution in [0.25, 0.3) is 0 Å². The second-order valence-corrected chi connectivity index (χ2v) is 4.32. The van der Waals surface area contributed by atoms with Crippen LogP contribution in [-0.2, 0) is 6.54 Å². The van der Waals surface area contributed by atoms with Crippen LogP contribution in [-0.4, -0.2) is 28.0 Å². The topological polar surface area (TPSA) is 42.1 Å². The van der Waals surface area contributed by atoms with Crippen molar-refractivity contribution in [1.29, 1.82) is 0 Å². The van der Waals surface area contributed by atoms with Crippen molar-refractivity contribution >= 4 is 17.2 Å². The summed E-state index contributed by atoms with van der Waals surface area (Å²) in [6.07, 6.45) is 5.53. The van der Waals surface area contributed by atoms with Gasteiger partial charge in [0, 0.05) is 18.9 Å². The smallest absolute Gasteiger partial charge is 0.0727 e. The summed E-state index contributed by atoms with van der Waals surface area (Å²) in [5.74, 6) is 0. The predicted molar refractivity (Wildman–Crippen MR) is 71.2 cm³/mol. The second kappa shape index (κ2) is 7.30. The molecule has 1 aromatic heterocycles. The first-order chi connectivity index (χ1) is 7.72. The summed E-state index contributed by atoms with van der Waals surface area (Å²) in [6, 6.07) is 4.10. The van der Waals surface area contributed by atoms with E-state index in [1.54, 1.807) is 0 Å². The van der Waals surface area contributed by atoms with Crippen molar-refractivity contribution < 1.29 is 0 Å². The molecule has 16 heavy (non-hydrogen) atoms. The fourth-order valence-electron chi connectivity index (χ4n) is 1.57. The molecule has 0 unspecified atom stereocenters. The summed E-state index contributed by atoms with van der Waals surface area (Å²) in [4.78, 5) is 7.01. The lowest BCUT2D eigenvalue weighted by Gasteiger charge is -2.20. The molecule has 0 aliphatic carbocycles. The molecule has 88 valence electrons. The van der Waals surface area contributed by atoms with E-state index in [9.17, 15) is 0 Å². The van der Waals surface area contributed by atoms with Gasteiger partial charge in [0.25, 0.3) is 0 Å². The Bertz CT molecular complexity index is 313. The standard InChI is InChI=1S/C12H19N3S/c1-2-15(9-3-4-12(13)16)10-11-5-7-14-8-6-11/h5-8H,2-4,9-10H2,1H3,(H2,13,16). The van der Waals surface area contributed by atoms with E-state index in [-0.39, 0.29) is 0 Å². The molecule has 4 heteroatoms. The maximum absolute atomic E-state index is 5.48. The normalized spacial score (nSPS) is 10.6. The van der Waals surface area contributed by atoms with Crippen LogP contribution in [0.4, 0.5) is 0 Å². The molecule has 1 rings (SSSR count). The lowest BCUT2D eigenvalue weighted by atomic mass is 10.2. The molecule has 0 fully saturated rings. The minimum Gasteiger partial charge on any atom is -0.393 e. The summed E-state index contributed by atoms with van der Waals surface area (Å²) in [5, 5.41) is 0. The fourth-order valence-corrected chi connectivity index (χ4v) is 1.72. The zero-order valence-electron chi connectivity index (χ0n) is 9.72. The Balaban J connectivity index is 2.34. The molecule has 0 spiro atoms. The molecule has 0 aliphatic rings. The number of pyridine rings is 1. The van der Waals surface area contributed by atoms with Gasteiger partial charge in [0.05, 0.1) is 4.99 Å². The highest BCUT2D eigenvalue weighted by molar-refractivity contribution is 7.80. The first-order valence-corrected chi connectivity index (χ1v) is 6.02. The molecule has 0 radical (unpaired) electrons. The summed E-state index contributed by atoms with van der Waals surface area (Å²) < 4.78 is 0. The Morgan fingerprint density at radius 1 is 1.44 bits per heavy atom. The molecule has 2 N–H and O–H groups in total. The van der Waals surface area contributed by atoms with E-state index in [2.05, 4.69) is 28.9 Å². The van der Waals surface area contributed by atoms with Crippen LogP contribution < -0.4 is 5.73 Å². The highest BCUT2D eigenvalue weighted by atomic mass is 32.1. The minimum absolute atomic E-state index is 0.611. The zero-order chi connectivity index (χ0) is 11.8. The SMILES string of the molecule is CCN(CCCC(N)=S)Cc1ccncc1. The van der Waals surface area contributed by atoms with E-state index in [1.165, 1.54) is 5.56 Å². The molecule has 0 aliphatic heterocycles. The van der Waals surface area contributed by atoms with Crippen LogP contribution in [0, 0.1) is 0 Å². The van der Waals surface area contributed by atoms with Gasteiger partial charge in [0.2, 0.25) is 0 Å². The van der Waals surface area contributed by atoms with Crippen molar-refractivity contribution in [2.75, 3.05) is 13.1 Å². The van der Waals surface area contributed by atoms with Gasteiger partial charge >= 0.3 is 0 Å². The molecular weight excluding hydrogens is 218 g/mol. The third-order valence-corrected chi connectivity index (χ3v) is 2.70. The van der Waals surface area contributed by atoms with Gasteiger partial charge in [0.15, 0.2) is 0 Å². The number of hydrogen-bond donors (Lipinski definition) is 1. The zero-order valence-corrected chi connectivity index (χ0v) is 10.5. The monoisotopic (exact) mass is 237 g/mol. The first kappa shape index (κ1) is 13.1. The van der Waals surface area contributed by atoms with Crippen molar-refractivity contribution in [3.05, 3.63) is 30.1 Å². The van der Waals surface area contributed by atoms with Gasteiger partial charge in [-0.3, -0.25) is 9.88 Å². The minimum atomic E-state index is 0.611. The fraction of sp³-hybridized carbons (Fsp3) is 0.500. The molecule has 0 saturated heterocycles. The highest BCUT2D eigenvalue weighted by Gasteiger charge is 2.03. The van der Waals surface area contributed by atoms with Gasteiger partial charge in [-0.2, -0.15) is 0 Å². The van der Waals surface area contributed by atoms with Gasteiger partial charge in [-0.05, 0) is 43.6 Å². The summed E-state index contributed by atoms with van der Waals surface area (Å²) in [7, 11) is 0. The average molecular weight is 237 g/mol. The molecule has 0 atom stereocenters. The van der Waals surface area contributed by atoms with Gasteiger partial charge in [0.1, 0.15) is 0 Å². The lowest BCUT2D eigenvalue weighted by Crippen LogP contribution is -2.25. The van der Waals surface area contributed by atoms with Crippen molar-refractivity contribution in [3.8, 4) is 0 Å². The van der Waals surface area contributed by atoms with Crippen LogP contribution in [0.15, 0.2) is 24.5 Å². The van der Waals surface area contributed by atoms with Gasteiger partial charge < -0.3 is 5.73 Å². The van der Waals surface area contributed by atoms with Gasteiger partial charge in [-0.1, -0.05) is 19.1 Å². The largest absolute Gasteiger partial charge is 0.393 e. The molecule has 1 aromatic rings. The maximum atomic E-state index is 5.48. The van der Waals surface area contributed by atoms with E-state index in [1.807, 2.05) is 12.4 Å². The molecule has 0 bridgehead atoms. The van der Waals surface area contributed by atoms with E-state index < -0.39 is 0 Å². The number of rotatable bonds is 7. The van der Waals surface area contributed by atoms with Crippen LogP contribution in [0.5, 0.6) is 0 Å². The van der Waals surface area contributed by atoms with Gasteiger partial charge in [-0.15, -0.1) is 0 Å². The summed E-state index contributed by atoms with van der Waals surface area (Å²) in [6.45, 7) is 5.22. The Labute approximate surface area is 103 Å². The number of nitrogens with two attached hydrogens (primary N) is 1. The second-order valence-electron chi connectivity index (χ2n) is 3.79. The number of nitrogens with zero attached hydrogens (tertiary/aromatic N) is 2. The number of aromatic nitrogens is 1. The highest BCUT2D eigenvalue weighted by Crippen LogP contribution is 2.04. The molecule has 3 nitrogen and oxygen atoms in total. The van der Waals surface area contributed by atoms with E-state index in [0.717, 1.165) is 32.5 Å². The number of thiocarbonyl (C=S) groups is 1. The third kappa shape index (κ3) is 5.19. The molecule has 0 saturated carbocycles. The van der Waals surface area contributed by atoms with E-state index in [0.29, 0.717) is 4.99 Å². The first-order valence-electron chi connectivity index (χ1n) is 5.62. The summed E-state index contributed by atoms with van der Waals surface area (Å²) in [5.41, 5.74) is 6.78. The molecular formula is C12H19N3S. The summed E-state index contributed by atoms with van der Waals surface area (Å²) >= 11 is 4.86. The third-order valence-electron chi connectivity index (χ3n) is 2.50. The van der Waals surface area contributed by atoms with Crippen LogP contribution in [0.2, 0.25) is 0 Å². The van der Waals surface area contributed by atoms with Crippen molar-refractivity contribution in [1.82, 2.24) is 9.88 Å². The van der Waals surface area contributed by atoms with Crippen molar-refractivity contribution in [2.45, 2.75) is 26.3 Å². The lowest BCUT2D eigenvalue weighted by molar-refractivity contribution is 0.278. The predicted octanol–water partition coefficient (Wildman–Crippen LogP) is 1.97. The quantitative estimate of drug-likeness (QED) is 0.736. The van der Waals surface area contributed by atoms with E-state index >= 15 is 0 Å². The Morgan fingerprint density at radius 2 is 2.12 bits per heavy atom.